The third-order valence-electron chi connectivity index (χ3n) is 4.99. The zero-order valence-corrected chi connectivity index (χ0v) is 23.2. The van der Waals surface area contributed by atoms with Gasteiger partial charge in [-0.25, -0.2) is 15.0 Å². The molecule has 188 valence electrons. The number of rotatable bonds is 10. The Morgan fingerprint density at radius 2 is 1.86 bits per heavy atom. The van der Waals surface area contributed by atoms with E-state index in [4.69, 9.17) is 42.4 Å². The zero-order chi connectivity index (χ0) is 25.7. The second kappa shape index (κ2) is 12.3. The van der Waals surface area contributed by atoms with Gasteiger partial charge >= 0.3 is 0 Å². The average molecular weight is 612 g/mol. The number of methoxy groups -OCH3 is 1. The van der Waals surface area contributed by atoms with Crippen molar-refractivity contribution in [2.45, 2.75) is 5.16 Å². The van der Waals surface area contributed by atoms with Crippen LogP contribution in [0, 0.1) is 0 Å². The SMILES string of the molecule is COCCOCOc1cc(Cl)c(-c2nc(-c3ccnc(SC)n3)c(-c3cccc(Br)c3)n2O)c(Cl)c1. The Balaban J connectivity index is 1.79. The molecule has 1 N–H and O–H groups in total. The van der Waals surface area contributed by atoms with Gasteiger partial charge < -0.3 is 19.4 Å². The lowest BCUT2D eigenvalue weighted by molar-refractivity contribution is -0.00845. The fourth-order valence-electron chi connectivity index (χ4n) is 3.38. The molecule has 0 saturated heterocycles. The van der Waals surface area contributed by atoms with Crippen LogP contribution in [0.3, 0.4) is 0 Å². The summed E-state index contributed by atoms with van der Waals surface area (Å²) in [6.45, 7) is 0.851. The van der Waals surface area contributed by atoms with Gasteiger partial charge in [-0.15, -0.1) is 0 Å². The topological polar surface area (TPSA) is 91.5 Å². The van der Waals surface area contributed by atoms with E-state index < -0.39 is 0 Å². The van der Waals surface area contributed by atoms with Gasteiger partial charge in [-0.05, 0) is 36.6 Å². The largest absolute Gasteiger partial charge is 0.467 e. The highest BCUT2D eigenvalue weighted by atomic mass is 79.9. The molecule has 12 heteroatoms. The lowest BCUT2D eigenvalue weighted by Crippen LogP contribution is -2.07. The number of ether oxygens (including phenoxy) is 3. The van der Waals surface area contributed by atoms with E-state index in [9.17, 15) is 5.21 Å². The van der Waals surface area contributed by atoms with E-state index >= 15 is 0 Å². The quantitative estimate of drug-likeness (QED) is 0.0696. The summed E-state index contributed by atoms with van der Waals surface area (Å²) < 4.78 is 17.7. The molecule has 0 aliphatic heterocycles. The van der Waals surface area contributed by atoms with E-state index in [1.807, 2.05) is 30.5 Å². The van der Waals surface area contributed by atoms with E-state index in [0.717, 1.165) is 9.20 Å². The average Bonchev–Trinajstić information content (AvgIpc) is 3.20. The molecule has 0 spiro atoms. The van der Waals surface area contributed by atoms with Crippen molar-refractivity contribution in [3.63, 3.8) is 0 Å². The maximum absolute atomic E-state index is 11.3. The van der Waals surface area contributed by atoms with Gasteiger partial charge in [-0.3, -0.25) is 0 Å². The van der Waals surface area contributed by atoms with E-state index in [1.165, 1.54) is 11.8 Å². The zero-order valence-electron chi connectivity index (χ0n) is 19.2. The summed E-state index contributed by atoms with van der Waals surface area (Å²) in [6, 6.07) is 12.4. The number of halogens is 3. The first-order valence-corrected chi connectivity index (χ1v) is 13.3. The van der Waals surface area contributed by atoms with Crippen molar-refractivity contribution in [3.05, 3.63) is 63.2 Å². The molecular weight excluding hydrogens is 591 g/mol. The molecule has 0 saturated carbocycles. The van der Waals surface area contributed by atoms with E-state index in [2.05, 4.69) is 25.9 Å². The van der Waals surface area contributed by atoms with Crippen molar-refractivity contribution in [2.24, 2.45) is 0 Å². The highest BCUT2D eigenvalue weighted by Gasteiger charge is 2.25. The number of benzene rings is 2. The first-order chi connectivity index (χ1) is 17.4. The number of aromatic nitrogens is 4. The van der Waals surface area contributed by atoms with Crippen molar-refractivity contribution in [2.75, 3.05) is 33.4 Å². The van der Waals surface area contributed by atoms with Crippen molar-refractivity contribution >= 4 is 50.9 Å². The monoisotopic (exact) mass is 610 g/mol. The molecule has 0 radical (unpaired) electrons. The fourth-order valence-corrected chi connectivity index (χ4v) is 4.77. The Morgan fingerprint density at radius 3 is 2.56 bits per heavy atom. The van der Waals surface area contributed by atoms with Gasteiger partial charge in [-0.1, -0.05) is 63.0 Å². The predicted octanol–water partition coefficient (Wildman–Crippen LogP) is 6.70. The van der Waals surface area contributed by atoms with Crippen LogP contribution in [0.15, 0.2) is 58.3 Å². The molecule has 0 aliphatic rings. The number of hydrogen-bond acceptors (Lipinski definition) is 8. The molecule has 2 aromatic heterocycles. The Kier molecular flexibility index (Phi) is 9.10. The normalized spacial score (nSPS) is 11.1. The van der Waals surface area contributed by atoms with Crippen LogP contribution in [0.5, 0.6) is 5.75 Å². The van der Waals surface area contributed by atoms with Crippen LogP contribution in [0.4, 0.5) is 0 Å². The summed E-state index contributed by atoms with van der Waals surface area (Å²) in [4.78, 5) is 13.5. The van der Waals surface area contributed by atoms with Gasteiger partial charge in [0.1, 0.15) is 17.1 Å². The molecule has 36 heavy (non-hydrogen) atoms. The highest BCUT2D eigenvalue weighted by molar-refractivity contribution is 9.10. The number of thioether (sulfide) groups is 1. The fraction of sp³-hybridized carbons (Fsp3) is 0.208. The lowest BCUT2D eigenvalue weighted by atomic mass is 10.1. The molecular formula is C24H21BrCl2N4O4S. The van der Waals surface area contributed by atoms with Crippen LogP contribution in [0.25, 0.3) is 34.0 Å². The first-order valence-electron chi connectivity index (χ1n) is 10.6. The Labute approximate surface area is 230 Å². The summed E-state index contributed by atoms with van der Waals surface area (Å²) in [5.41, 5.74) is 2.47. The summed E-state index contributed by atoms with van der Waals surface area (Å²) in [6.07, 6.45) is 3.53. The number of hydrogen-bond donors (Lipinski definition) is 1. The molecule has 2 heterocycles. The summed E-state index contributed by atoms with van der Waals surface area (Å²) >= 11 is 18.1. The molecule has 0 unspecified atom stereocenters. The summed E-state index contributed by atoms with van der Waals surface area (Å²) in [7, 11) is 1.59. The number of imidazole rings is 1. The molecule has 4 aromatic rings. The van der Waals surface area contributed by atoms with Crippen LogP contribution < -0.4 is 4.74 Å². The molecule has 2 aromatic carbocycles. The third kappa shape index (κ3) is 5.96. The summed E-state index contributed by atoms with van der Waals surface area (Å²) in [5, 5.41) is 12.4. The predicted molar refractivity (Wildman–Crippen MR) is 144 cm³/mol. The van der Waals surface area contributed by atoms with Crippen LogP contribution in [0.1, 0.15) is 0 Å². The maximum atomic E-state index is 11.3. The minimum atomic E-state index is 0.00661. The van der Waals surface area contributed by atoms with Crippen molar-refractivity contribution in [3.8, 4) is 39.8 Å². The molecule has 0 aliphatic carbocycles. The molecule has 0 atom stereocenters. The van der Waals surface area contributed by atoms with Gasteiger partial charge in [0.25, 0.3) is 0 Å². The van der Waals surface area contributed by atoms with E-state index in [1.54, 1.807) is 31.5 Å². The lowest BCUT2D eigenvalue weighted by Gasteiger charge is -2.12. The van der Waals surface area contributed by atoms with Gasteiger partial charge in [0.2, 0.25) is 0 Å². The first kappa shape index (κ1) is 26.7. The molecule has 0 amide bonds. The minimum absolute atomic E-state index is 0.00661. The Bertz CT molecular complexity index is 1350. The van der Waals surface area contributed by atoms with Crippen LogP contribution >= 0.6 is 50.9 Å². The molecule has 4 rings (SSSR count). The van der Waals surface area contributed by atoms with Crippen LogP contribution in [-0.4, -0.2) is 58.3 Å². The van der Waals surface area contributed by atoms with Gasteiger partial charge in [0.05, 0.1) is 34.5 Å². The maximum Gasteiger partial charge on any atom is 0.189 e. The molecule has 0 fully saturated rings. The van der Waals surface area contributed by atoms with Crippen molar-refractivity contribution in [1.82, 2.24) is 19.7 Å². The second-order valence-electron chi connectivity index (χ2n) is 7.31. The van der Waals surface area contributed by atoms with Gasteiger partial charge in [-0.2, -0.15) is 4.73 Å². The highest BCUT2D eigenvalue weighted by Crippen LogP contribution is 2.42. The van der Waals surface area contributed by atoms with Crippen LogP contribution in [-0.2, 0) is 9.47 Å². The number of nitrogens with zero attached hydrogens (tertiary/aromatic N) is 4. The Morgan fingerprint density at radius 1 is 1.08 bits per heavy atom. The Hall–Kier alpha value is -2.34. The minimum Gasteiger partial charge on any atom is -0.467 e. The standard InChI is InChI=1S/C24H21BrCl2N4O4S/c1-33-8-9-34-13-35-16-11-17(26)20(18(27)12-16)23-30-21(19-6-7-28-24(29-19)36-2)22(31(23)32)14-4-3-5-15(25)10-14/h3-7,10-12,32H,8-9,13H2,1-2H3. The molecule has 8 nitrogen and oxygen atoms in total. The van der Waals surface area contributed by atoms with E-state index in [0.29, 0.717) is 52.3 Å². The van der Waals surface area contributed by atoms with Crippen molar-refractivity contribution < 1.29 is 19.4 Å². The second-order valence-corrected chi connectivity index (χ2v) is 9.81. The van der Waals surface area contributed by atoms with Crippen molar-refractivity contribution in [1.29, 1.82) is 0 Å². The van der Waals surface area contributed by atoms with E-state index in [-0.39, 0.29) is 22.7 Å². The van der Waals surface area contributed by atoms with Crippen LogP contribution in [0.2, 0.25) is 10.0 Å². The van der Waals surface area contributed by atoms with Gasteiger partial charge in [0.15, 0.2) is 17.8 Å². The van der Waals surface area contributed by atoms with Gasteiger partial charge in [0, 0.05) is 23.3 Å². The summed E-state index contributed by atoms with van der Waals surface area (Å²) in [5.74, 6) is 0.567. The third-order valence-corrected chi connectivity index (χ3v) is 6.64. The smallest absolute Gasteiger partial charge is 0.189 e. The molecule has 0 bridgehead atoms.